The highest BCUT2D eigenvalue weighted by Gasteiger charge is 2.32. The van der Waals surface area contributed by atoms with Gasteiger partial charge in [0.25, 0.3) is 0 Å². The summed E-state index contributed by atoms with van der Waals surface area (Å²) in [5.74, 6) is 0.649. The van der Waals surface area contributed by atoms with Crippen molar-refractivity contribution >= 4 is 11.7 Å². The van der Waals surface area contributed by atoms with E-state index in [1.54, 1.807) is 24.8 Å². The van der Waals surface area contributed by atoms with Crippen molar-refractivity contribution in [2.45, 2.75) is 25.7 Å². The second-order valence-corrected chi connectivity index (χ2v) is 6.68. The predicted molar refractivity (Wildman–Crippen MR) is 99.6 cm³/mol. The standard InChI is InChI=1S/C19H20N6O2/c1-10-17-14(23-19(20)21-10)7-11(8-15(17)26)18-12(9-25(2)24-18)13-5-4-6-16(22-13)27-3/h4-6,9,11H,7-8H2,1-3H3,(H2,20,21,23). The number of aromatic nitrogens is 5. The second kappa shape index (κ2) is 6.46. The molecular weight excluding hydrogens is 344 g/mol. The van der Waals surface area contributed by atoms with Gasteiger partial charge < -0.3 is 10.5 Å². The lowest BCUT2D eigenvalue weighted by Crippen LogP contribution is -2.23. The number of anilines is 1. The van der Waals surface area contributed by atoms with Crippen LogP contribution in [0.2, 0.25) is 0 Å². The summed E-state index contributed by atoms with van der Waals surface area (Å²) < 4.78 is 6.98. The molecule has 0 aromatic carbocycles. The Labute approximate surface area is 156 Å². The zero-order valence-corrected chi connectivity index (χ0v) is 15.4. The maximum absolute atomic E-state index is 12.8. The highest BCUT2D eigenvalue weighted by Crippen LogP contribution is 2.37. The first-order valence-electron chi connectivity index (χ1n) is 8.67. The molecule has 1 aliphatic carbocycles. The monoisotopic (exact) mass is 364 g/mol. The number of carbonyl (C=O) groups excluding carboxylic acids is 1. The number of nitrogen functional groups attached to an aromatic ring is 1. The lowest BCUT2D eigenvalue weighted by atomic mass is 9.82. The van der Waals surface area contributed by atoms with Crippen LogP contribution in [0.25, 0.3) is 11.3 Å². The fourth-order valence-corrected chi connectivity index (χ4v) is 3.67. The van der Waals surface area contributed by atoms with Gasteiger partial charge in [-0.05, 0) is 19.4 Å². The zero-order chi connectivity index (χ0) is 19.1. The van der Waals surface area contributed by atoms with Crippen molar-refractivity contribution < 1.29 is 9.53 Å². The molecule has 0 spiro atoms. The third-order valence-electron chi connectivity index (χ3n) is 4.79. The highest BCUT2D eigenvalue weighted by molar-refractivity contribution is 5.99. The van der Waals surface area contributed by atoms with E-state index in [4.69, 9.17) is 10.5 Å². The largest absolute Gasteiger partial charge is 0.481 e. The summed E-state index contributed by atoms with van der Waals surface area (Å²) in [5, 5.41) is 4.63. The number of methoxy groups -OCH3 is 1. The summed E-state index contributed by atoms with van der Waals surface area (Å²) in [4.78, 5) is 25.7. The lowest BCUT2D eigenvalue weighted by Gasteiger charge is -2.23. The van der Waals surface area contributed by atoms with E-state index >= 15 is 0 Å². The number of pyridine rings is 1. The molecule has 8 nitrogen and oxygen atoms in total. The molecule has 1 unspecified atom stereocenters. The van der Waals surface area contributed by atoms with Gasteiger partial charge in [-0.25, -0.2) is 15.0 Å². The van der Waals surface area contributed by atoms with Crippen LogP contribution in [-0.2, 0) is 13.5 Å². The normalized spacial score (nSPS) is 16.3. The number of fused-ring (bicyclic) bond motifs is 1. The van der Waals surface area contributed by atoms with Gasteiger partial charge in [-0.2, -0.15) is 5.10 Å². The van der Waals surface area contributed by atoms with Crippen LogP contribution in [0.1, 0.15) is 39.8 Å². The average Bonchev–Trinajstić information content (AvgIpc) is 3.02. The van der Waals surface area contributed by atoms with Crippen molar-refractivity contribution in [3.05, 3.63) is 47.0 Å². The van der Waals surface area contributed by atoms with Gasteiger partial charge in [-0.3, -0.25) is 9.48 Å². The van der Waals surface area contributed by atoms with E-state index in [2.05, 4.69) is 20.1 Å². The van der Waals surface area contributed by atoms with Crippen LogP contribution in [0, 0.1) is 6.92 Å². The van der Waals surface area contributed by atoms with E-state index in [0.717, 1.165) is 17.0 Å². The summed E-state index contributed by atoms with van der Waals surface area (Å²) in [6.07, 6.45) is 2.86. The van der Waals surface area contributed by atoms with Crippen molar-refractivity contribution in [3.63, 3.8) is 0 Å². The lowest BCUT2D eigenvalue weighted by molar-refractivity contribution is 0.0961. The highest BCUT2D eigenvalue weighted by atomic mass is 16.5. The van der Waals surface area contributed by atoms with Gasteiger partial charge in [0.05, 0.1) is 35.4 Å². The minimum absolute atomic E-state index is 0.0222. The fourth-order valence-electron chi connectivity index (χ4n) is 3.67. The molecule has 138 valence electrons. The second-order valence-electron chi connectivity index (χ2n) is 6.68. The summed E-state index contributed by atoms with van der Waals surface area (Å²) in [7, 11) is 3.44. The van der Waals surface area contributed by atoms with Crippen molar-refractivity contribution in [1.29, 1.82) is 0 Å². The van der Waals surface area contributed by atoms with E-state index in [9.17, 15) is 4.79 Å². The summed E-state index contributed by atoms with van der Waals surface area (Å²) >= 11 is 0. The Morgan fingerprint density at radius 1 is 1.22 bits per heavy atom. The molecule has 4 rings (SSSR count). The van der Waals surface area contributed by atoms with Gasteiger partial charge in [0.1, 0.15) is 0 Å². The molecule has 3 heterocycles. The number of carbonyl (C=O) groups is 1. The molecule has 2 N–H and O–H groups in total. The van der Waals surface area contributed by atoms with Crippen molar-refractivity contribution in [3.8, 4) is 17.1 Å². The van der Waals surface area contributed by atoms with Gasteiger partial charge in [0, 0.05) is 37.2 Å². The predicted octanol–water partition coefficient (Wildman–Crippen LogP) is 2.08. The van der Waals surface area contributed by atoms with Gasteiger partial charge in [0.2, 0.25) is 11.8 Å². The first kappa shape index (κ1) is 17.1. The van der Waals surface area contributed by atoms with E-state index in [1.807, 2.05) is 25.4 Å². The minimum atomic E-state index is -0.0945. The summed E-state index contributed by atoms with van der Waals surface area (Å²) in [5.41, 5.74) is 10.2. The maximum atomic E-state index is 12.8. The molecule has 0 saturated heterocycles. The maximum Gasteiger partial charge on any atom is 0.220 e. The molecule has 3 aromatic heterocycles. The molecule has 0 radical (unpaired) electrons. The van der Waals surface area contributed by atoms with Crippen LogP contribution >= 0.6 is 0 Å². The molecule has 1 atom stereocenters. The molecule has 27 heavy (non-hydrogen) atoms. The number of rotatable bonds is 3. The zero-order valence-electron chi connectivity index (χ0n) is 15.4. The molecule has 3 aromatic rings. The third-order valence-corrected chi connectivity index (χ3v) is 4.79. The smallest absolute Gasteiger partial charge is 0.220 e. The molecule has 0 fully saturated rings. The molecule has 0 saturated carbocycles. The average molecular weight is 364 g/mol. The topological polar surface area (TPSA) is 109 Å². The Bertz CT molecular complexity index is 1040. The van der Waals surface area contributed by atoms with E-state index in [1.165, 1.54) is 0 Å². The number of aryl methyl sites for hydroxylation is 2. The Morgan fingerprint density at radius 2 is 2.04 bits per heavy atom. The van der Waals surface area contributed by atoms with Crippen molar-refractivity contribution in [2.75, 3.05) is 12.8 Å². The minimum Gasteiger partial charge on any atom is -0.481 e. The Balaban J connectivity index is 1.78. The first-order chi connectivity index (χ1) is 13.0. The van der Waals surface area contributed by atoms with Crippen molar-refractivity contribution in [2.24, 2.45) is 7.05 Å². The fraction of sp³-hybridized carbons (Fsp3) is 0.316. The van der Waals surface area contributed by atoms with Crippen molar-refractivity contribution in [1.82, 2.24) is 24.7 Å². The number of Topliss-reactive ketones (excluding diaryl/α,β-unsaturated/α-hetero) is 1. The quantitative estimate of drug-likeness (QED) is 0.758. The summed E-state index contributed by atoms with van der Waals surface area (Å²) in [6.45, 7) is 1.79. The molecule has 0 aliphatic heterocycles. The van der Waals surface area contributed by atoms with Gasteiger partial charge in [-0.1, -0.05) is 6.07 Å². The van der Waals surface area contributed by atoms with E-state index in [-0.39, 0.29) is 17.6 Å². The van der Waals surface area contributed by atoms with Gasteiger partial charge in [-0.15, -0.1) is 0 Å². The van der Waals surface area contributed by atoms with Crippen LogP contribution in [0.3, 0.4) is 0 Å². The number of nitrogens with zero attached hydrogens (tertiary/aromatic N) is 5. The van der Waals surface area contributed by atoms with E-state index in [0.29, 0.717) is 35.7 Å². The Kier molecular flexibility index (Phi) is 4.10. The van der Waals surface area contributed by atoms with E-state index < -0.39 is 0 Å². The molecule has 8 heteroatoms. The Hall–Kier alpha value is -3.29. The van der Waals surface area contributed by atoms with Gasteiger partial charge in [0.15, 0.2) is 5.78 Å². The Morgan fingerprint density at radius 3 is 2.81 bits per heavy atom. The molecule has 1 aliphatic rings. The molecule has 0 bridgehead atoms. The van der Waals surface area contributed by atoms with Crippen LogP contribution < -0.4 is 10.5 Å². The number of hydrogen-bond donors (Lipinski definition) is 1. The molecule has 0 amide bonds. The van der Waals surface area contributed by atoms with Crippen LogP contribution in [0.4, 0.5) is 5.95 Å². The number of nitrogens with two attached hydrogens (primary N) is 1. The third kappa shape index (κ3) is 3.03. The van der Waals surface area contributed by atoms with Crippen LogP contribution in [0.15, 0.2) is 24.4 Å². The molecular formula is C19H20N6O2. The van der Waals surface area contributed by atoms with Crippen LogP contribution in [-0.4, -0.2) is 37.6 Å². The van der Waals surface area contributed by atoms with Crippen LogP contribution in [0.5, 0.6) is 5.88 Å². The number of hydrogen-bond acceptors (Lipinski definition) is 7. The number of ether oxygens (including phenoxy) is 1. The first-order valence-corrected chi connectivity index (χ1v) is 8.67. The SMILES string of the molecule is COc1cccc(-c2cn(C)nc2C2CC(=O)c3c(C)nc(N)nc3C2)n1. The summed E-state index contributed by atoms with van der Waals surface area (Å²) in [6, 6.07) is 5.59. The number of ketones is 1. The van der Waals surface area contributed by atoms with Gasteiger partial charge >= 0.3 is 0 Å².